The molecule has 0 bridgehead atoms. The number of phenols is 1. The van der Waals surface area contributed by atoms with Crippen molar-refractivity contribution in [3.8, 4) is 5.75 Å². The van der Waals surface area contributed by atoms with Crippen LogP contribution < -0.4 is 5.32 Å². The third kappa shape index (κ3) is 3.80. The third-order valence-corrected chi connectivity index (χ3v) is 2.38. The second kappa shape index (κ2) is 5.61. The van der Waals surface area contributed by atoms with Gasteiger partial charge in [0.1, 0.15) is 5.75 Å². The molecule has 1 atom stereocenters. The van der Waals surface area contributed by atoms with Gasteiger partial charge in [-0.1, -0.05) is 6.07 Å². The van der Waals surface area contributed by atoms with Crippen LogP contribution in [0.5, 0.6) is 5.75 Å². The van der Waals surface area contributed by atoms with Crippen molar-refractivity contribution in [1.29, 1.82) is 0 Å². The van der Waals surface area contributed by atoms with Gasteiger partial charge in [-0.3, -0.25) is 0 Å². The van der Waals surface area contributed by atoms with Gasteiger partial charge in [0.25, 0.3) is 0 Å². The number of ether oxygens (including phenoxy) is 1. The number of nitrogens with one attached hydrogen (secondary N) is 1. The average molecular weight is 209 g/mol. The van der Waals surface area contributed by atoms with E-state index in [-0.39, 0.29) is 0 Å². The van der Waals surface area contributed by atoms with Gasteiger partial charge in [-0.15, -0.1) is 0 Å². The van der Waals surface area contributed by atoms with Gasteiger partial charge < -0.3 is 15.2 Å². The molecule has 0 spiro atoms. The number of benzene rings is 1. The van der Waals surface area contributed by atoms with Crippen molar-refractivity contribution in [3.63, 3.8) is 0 Å². The number of rotatable bonds is 5. The van der Waals surface area contributed by atoms with Crippen molar-refractivity contribution in [3.05, 3.63) is 23.8 Å². The van der Waals surface area contributed by atoms with E-state index in [0.29, 0.717) is 11.8 Å². The Bertz CT molecular complexity index is 312. The number of methoxy groups -OCH3 is 1. The molecule has 1 aromatic carbocycles. The van der Waals surface area contributed by atoms with Gasteiger partial charge in [-0.25, -0.2) is 0 Å². The number of hydrogen-bond acceptors (Lipinski definition) is 3. The predicted octanol–water partition coefficient (Wildman–Crippen LogP) is 2.54. The number of phenolic OH excluding ortho intramolecular Hbond substituents is 1. The summed E-state index contributed by atoms with van der Waals surface area (Å²) >= 11 is 0. The molecule has 0 radical (unpaired) electrons. The summed E-state index contributed by atoms with van der Waals surface area (Å²) in [6.07, 6.45) is 0.950. The van der Waals surface area contributed by atoms with Crippen LogP contribution in [0.4, 0.5) is 5.69 Å². The van der Waals surface area contributed by atoms with Crippen LogP contribution in [0.3, 0.4) is 0 Å². The molecule has 0 aliphatic carbocycles. The van der Waals surface area contributed by atoms with E-state index < -0.39 is 0 Å². The predicted molar refractivity (Wildman–Crippen MR) is 62.4 cm³/mol. The lowest BCUT2D eigenvalue weighted by Gasteiger charge is -2.15. The van der Waals surface area contributed by atoms with Gasteiger partial charge in [0.2, 0.25) is 0 Å². The van der Waals surface area contributed by atoms with Crippen molar-refractivity contribution >= 4 is 5.69 Å². The van der Waals surface area contributed by atoms with E-state index in [4.69, 9.17) is 4.74 Å². The molecule has 15 heavy (non-hydrogen) atoms. The smallest absolute Gasteiger partial charge is 0.120 e. The van der Waals surface area contributed by atoms with Gasteiger partial charge in [-0.05, 0) is 31.9 Å². The van der Waals surface area contributed by atoms with Crippen LogP contribution in [0.2, 0.25) is 0 Å². The van der Waals surface area contributed by atoms with E-state index in [0.717, 1.165) is 24.3 Å². The summed E-state index contributed by atoms with van der Waals surface area (Å²) in [4.78, 5) is 0. The van der Waals surface area contributed by atoms with E-state index in [1.807, 2.05) is 19.1 Å². The molecule has 0 aliphatic heterocycles. The van der Waals surface area contributed by atoms with Crippen molar-refractivity contribution in [2.45, 2.75) is 26.3 Å². The van der Waals surface area contributed by atoms with Crippen LogP contribution in [-0.2, 0) is 4.74 Å². The maximum absolute atomic E-state index is 9.52. The summed E-state index contributed by atoms with van der Waals surface area (Å²) in [5.41, 5.74) is 1.84. The molecular formula is C12H19NO2. The quantitative estimate of drug-likeness (QED) is 0.783. The van der Waals surface area contributed by atoms with Crippen LogP contribution in [0.25, 0.3) is 0 Å². The number of aromatic hydroxyl groups is 1. The van der Waals surface area contributed by atoms with Crippen LogP contribution >= 0.6 is 0 Å². The summed E-state index contributed by atoms with van der Waals surface area (Å²) in [6, 6.07) is 5.96. The van der Waals surface area contributed by atoms with Crippen LogP contribution in [0.1, 0.15) is 18.9 Å². The van der Waals surface area contributed by atoms with Gasteiger partial charge >= 0.3 is 0 Å². The highest BCUT2D eigenvalue weighted by Crippen LogP contribution is 2.21. The maximum Gasteiger partial charge on any atom is 0.120 e. The Balaban J connectivity index is 2.53. The highest BCUT2D eigenvalue weighted by atomic mass is 16.5. The monoisotopic (exact) mass is 209 g/mol. The topological polar surface area (TPSA) is 41.5 Å². The minimum atomic E-state index is 0.332. The number of hydrogen-bond donors (Lipinski definition) is 2. The number of aryl methyl sites for hydroxylation is 1. The molecule has 3 nitrogen and oxygen atoms in total. The molecular weight excluding hydrogens is 190 g/mol. The van der Waals surface area contributed by atoms with Gasteiger partial charge in [-0.2, -0.15) is 0 Å². The highest BCUT2D eigenvalue weighted by Gasteiger charge is 2.03. The van der Waals surface area contributed by atoms with Crippen LogP contribution in [-0.4, -0.2) is 24.9 Å². The molecule has 1 aromatic rings. The summed E-state index contributed by atoms with van der Waals surface area (Å²) < 4.78 is 5.00. The zero-order valence-corrected chi connectivity index (χ0v) is 9.58. The van der Waals surface area contributed by atoms with Gasteiger partial charge in [0.05, 0.1) is 0 Å². The molecule has 1 unspecified atom stereocenters. The molecule has 3 heteroatoms. The molecule has 1 rings (SSSR count). The Kier molecular flexibility index (Phi) is 4.43. The van der Waals surface area contributed by atoms with Crippen molar-refractivity contribution < 1.29 is 9.84 Å². The summed E-state index contributed by atoms with van der Waals surface area (Å²) in [6.45, 7) is 4.72. The average Bonchev–Trinajstić information content (AvgIpc) is 2.20. The summed E-state index contributed by atoms with van der Waals surface area (Å²) in [7, 11) is 1.70. The Morgan fingerprint density at radius 1 is 1.47 bits per heavy atom. The Hall–Kier alpha value is -1.22. The Labute approximate surface area is 91.1 Å². The first kappa shape index (κ1) is 11.9. The minimum absolute atomic E-state index is 0.332. The fraction of sp³-hybridized carbons (Fsp3) is 0.500. The van der Waals surface area contributed by atoms with Crippen LogP contribution in [0, 0.1) is 6.92 Å². The third-order valence-electron chi connectivity index (χ3n) is 2.38. The maximum atomic E-state index is 9.52. The normalized spacial score (nSPS) is 12.5. The fourth-order valence-corrected chi connectivity index (χ4v) is 1.35. The largest absolute Gasteiger partial charge is 0.508 e. The van der Waals surface area contributed by atoms with Crippen LogP contribution in [0.15, 0.2) is 18.2 Å². The lowest BCUT2D eigenvalue weighted by atomic mass is 10.2. The zero-order valence-electron chi connectivity index (χ0n) is 9.58. The molecule has 0 saturated heterocycles. The summed E-state index contributed by atoms with van der Waals surface area (Å²) in [5, 5.41) is 12.8. The minimum Gasteiger partial charge on any atom is -0.508 e. The lowest BCUT2D eigenvalue weighted by molar-refractivity contribution is 0.191. The highest BCUT2D eigenvalue weighted by molar-refractivity contribution is 5.51. The van der Waals surface area contributed by atoms with Crippen molar-refractivity contribution in [1.82, 2.24) is 0 Å². The van der Waals surface area contributed by atoms with Crippen molar-refractivity contribution in [2.24, 2.45) is 0 Å². The fourth-order valence-electron chi connectivity index (χ4n) is 1.35. The SMILES string of the molecule is COCCC(C)Nc1ccc(C)c(O)c1. The van der Waals surface area contributed by atoms with E-state index in [9.17, 15) is 5.11 Å². The first-order chi connectivity index (χ1) is 7.13. The molecule has 0 saturated carbocycles. The second-order valence-corrected chi connectivity index (χ2v) is 3.83. The Morgan fingerprint density at radius 2 is 2.20 bits per heavy atom. The molecule has 0 aliphatic rings. The molecule has 2 N–H and O–H groups in total. The van der Waals surface area contributed by atoms with E-state index in [1.54, 1.807) is 13.2 Å². The first-order valence-electron chi connectivity index (χ1n) is 5.18. The molecule has 0 amide bonds. The first-order valence-corrected chi connectivity index (χ1v) is 5.18. The molecule has 0 heterocycles. The molecule has 0 fully saturated rings. The molecule has 0 aromatic heterocycles. The van der Waals surface area contributed by atoms with E-state index in [1.165, 1.54) is 0 Å². The second-order valence-electron chi connectivity index (χ2n) is 3.83. The standard InChI is InChI=1S/C12H19NO2/c1-9-4-5-11(8-12(9)14)13-10(2)6-7-15-3/h4-5,8,10,13-14H,6-7H2,1-3H3. The van der Waals surface area contributed by atoms with E-state index >= 15 is 0 Å². The lowest BCUT2D eigenvalue weighted by Crippen LogP contribution is -2.17. The Morgan fingerprint density at radius 3 is 2.80 bits per heavy atom. The zero-order chi connectivity index (χ0) is 11.3. The summed E-state index contributed by atoms with van der Waals surface area (Å²) in [5.74, 6) is 0.332. The van der Waals surface area contributed by atoms with Crippen molar-refractivity contribution in [2.75, 3.05) is 19.0 Å². The molecule has 84 valence electrons. The van der Waals surface area contributed by atoms with Gasteiger partial charge in [0, 0.05) is 31.5 Å². The van der Waals surface area contributed by atoms with Gasteiger partial charge in [0.15, 0.2) is 0 Å². The van der Waals surface area contributed by atoms with E-state index in [2.05, 4.69) is 12.2 Å². The number of anilines is 1.